The monoisotopic (exact) mass is 368 g/mol. The molecule has 1 aliphatic rings. The number of carbonyl (C=O) groups excluding carboxylic acids is 1. The molecule has 0 aliphatic carbocycles. The molecule has 7 heteroatoms. The molecule has 1 fully saturated rings. The van der Waals surface area contributed by atoms with Gasteiger partial charge >= 0.3 is 0 Å². The lowest BCUT2D eigenvalue weighted by Gasteiger charge is -2.21. The molecular weight excluding hydrogens is 344 g/mol. The smallest absolute Gasteiger partial charge is 0.269 e. The van der Waals surface area contributed by atoms with Crippen LogP contribution in [0.1, 0.15) is 25.7 Å². The van der Waals surface area contributed by atoms with Crippen molar-refractivity contribution in [2.45, 2.75) is 25.7 Å². The Morgan fingerprint density at radius 2 is 1.78 bits per heavy atom. The van der Waals surface area contributed by atoms with E-state index in [-0.39, 0.29) is 11.6 Å². The maximum atomic E-state index is 12.3. The van der Waals surface area contributed by atoms with Gasteiger partial charge in [-0.05, 0) is 43.5 Å². The third-order valence-electron chi connectivity index (χ3n) is 4.61. The van der Waals surface area contributed by atoms with Crippen LogP contribution in [0.5, 0.6) is 0 Å². The first kappa shape index (κ1) is 18.7. The summed E-state index contributed by atoms with van der Waals surface area (Å²) in [7, 11) is 0. The Kier molecular flexibility index (Phi) is 6.25. The van der Waals surface area contributed by atoms with Gasteiger partial charge in [-0.1, -0.05) is 12.1 Å². The number of para-hydroxylation sites is 2. The number of non-ortho nitro benzene ring substituents is 1. The van der Waals surface area contributed by atoms with Crippen LogP contribution < -0.4 is 15.5 Å². The Morgan fingerprint density at radius 1 is 1.07 bits per heavy atom. The summed E-state index contributed by atoms with van der Waals surface area (Å²) >= 11 is 0. The molecule has 1 saturated heterocycles. The average molecular weight is 368 g/mol. The number of nitro groups is 1. The van der Waals surface area contributed by atoms with Gasteiger partial charge in [-0.15, -0.1) is 0 Å². The number of nitrogens with zero attached hydrogens (tertiary/aromatic N) is 2. The molecule has 3 rings (SSSR count). The molecule has 2 aromatic carbocycles. The van der Waals surface area contributed by atoms with Crippen molar-refractivity contribution in [1.82, 2.24) is 0 Å². The number of hydrogen-bond donors (Lipinski definition) is 2. The number of benzene rings is 2. The van der Waals surface area contributed by atoms with E-state index in [0.717, 1.165) is 30.2 Å². The molecule has 0 radical (unpaired) electrons. The van der Waals surface area contributed by atoms with Crippen molar-refractivity contribution in [2.75, 3.05) is 35.2 Å². The Balaban J connectivity index is 1.44. The maximum absolute atomic E-state index is 12.3. The van der Waals surface area contributed by atoms with Crippen LogP contribution in [0, 0.1) is 10.1 Å². The number of rotatable bonds is 8. The molecule has 0 aromatic heterocycles. The van der Waals surface area contributed by atoms with Crippen LogP contribution in [-0.2, 0) is 4.79 Å². The van der Waals surface area contributed by atoms with Gasteiger partial charge in [-0.3, -0.25) is 14.9 Å². The zero-order valence-corrected chi connectivity index (χ0v) is 15.2. The van der Waals surface area contributed by atoms with Gasteiger partial charge in [0.05, 0.1) is 16.3 Å². The molecule has 0 unspecified atom stereocenters. The number of hydrogen-bond acceptors (Lipinski definition) is 5. The van der Waals surface area contributed by atoms with E-state index < -0.39 is 4.92 Å². The van der Waals surface area contributed by atoms with E-state index in [1.165, 1.54) is 25.0 Å². The van der Waals surface area contributed by atoms with Gasteiger partial charge in [-0.2, -0.15) is 0 Å². The van der Waals surface area contributed by atoms with Crippen molar-refractivity contribution in [3.05, 3.63) is 58.6 Å². The van der Waals surface area contributed by atoms with E-state index in [2.05, 4.69) is 21.6 Å². The Hall–Kier alpha value is -3.09. The lowest BCUT2D eigenvalue weighted by Crippen LogP contribution is -2.21. The lowest BCUT2D eigenvalue weighted by molar-refractivity contribution is -0.384. The van der Waals surface area contributed by atoms with Crippen molar-refractivity contribution < 1.29 is 9.72 Å². The van der Waals surface area contributed by atoms with Crippen LogP contribution in [0.2, 0.25) is 0 Å². The van der Waals surface area contributed by atoms with E-state index in [0.29, 0.717) is 19.4 Å². The molecule has 1 heterocycles. The first-order chi connectivity index (χ1) is 13.1. The highest BCUT2D eigenvalue weighted by Crippen LogP contribution is 2.28. The fraction of sp³-hybridized carbons (Fsp3) is 0.350. The molecule has 0 saturated carbocycles. The van der Waals surface area contributed by atoms with Crippen LogP contribution in [0.3, 0.4) is 0 Å². The molecule has 2 N–H and O–H groups in total. The van der Waals surface area contributed by atoms with Gasteiger partial charge in [0, 0.05) is 43.9 Å². The molecular formula is C20H24N4O3. The summed E-state index contributed by atoms with van der Waals surface area (Å²) in [5.41, 5.74) is 2.83. The van der Waals surface area contributed by atoms with Crippen LogP contribution in [-0.4, -0.2) is 30.5 Å². The van der Waals surface area contributed by atoms with Crippen molar-refractivity contribution >= 4 is 28.7 Å². The molecule has 27 heavy (non-hydrogen) atoms. The number of anilines is 3. The van der Waals surface area contributed by atoms with Gasteiger partial charge < -0.3 is 15.5 Å². The van der Waals surface area contributed by atoms with Gasteiger partial charge in [-0.25, -0.2) is 0 Å². The maximum Gasteiger partial charge on any atom is 0.269 e. The first-order valence-electron chi connectivity index (χ1n) is 9.25. The molecule has 0 spiro atoms. The molecule has 1 aliphatic heterocycles. The van der Waals surface area contributed by atoms with Gasteiger partial charge in [0.2, 0.25) is 5.91 Å². The minimum atomic E-state index is -0.423. The Morgan fingerprint density at radius 3 is 2.48 bits per heavy atom. The third-order valence-corrected chi connectivity index (χ3v) is 4.61. The normalized spacial score (nSPS) is 13.4. The minimum Gasteiger partial charge on any atom is -0.385 e. The fourth-order valence-electron chi connectivity index (χ4n) is 3.21. The van der Waals surface area contributed by atoms with Crippen molar-refractivity contribution in [1.29, 1.82) is 0 Å². The molecule has 0 bridgehead atoms. The predicted octanol–water partition coefficient (Wildman–Crippen LogP) is 4.03. The zero-order chi connectivity index (χ0) is 19.1. The lowest BCUT2D eigenvalue weighted by atomic mass is 10.2. The molecule has 1 amide bonds. The summed E-state index contributed by atoms with van der Waals surface area (Å²) in [6, 6.07) is 14.2. The number of amides is 1. The second kappa shape index (κ2) is 9.02. The van der Waals surface area contributed by atoms with Crippen LogP contribution in [0.4, 0.5) is 22.7 Å². The van der Waals surface area contributed by atoms with E-state index in [1.54, 1.807) is 12.1 Å². The summed E-state index contributed by atoms with van der Waals surface area (Å²) in [6.07, 6.45) is 3.47. The highest BCUT2D eigenvalue weighted by molar-refractivity contribution is 5.94. The summed E-state index contributed by atoms with van der Waals surface area (Å²) in [5, 5.41) is 16.8. The summed E-state index contributed by atoms with van der Waals surface area (Å²) in [4.78, 5) is 24.8. The van der Waals surface area contributed by atoms with E-state index in [4.69, 9.17) is 0 Å². The van der Waals surface area contributed by atoms with Gasteiger partial charge in [0.15, 0.2) is 0 Å². The van der Waals surface area contributed by atoms with Crippen molar-refractivity contribution in [3.63, 3.8) is 0 Å². The third kappa shape index (κ3) is 5.20. The molecule has 7 nitrogen and oxygen atoms in total. The van der Waals surface area contributed by atoms with E-state index in [9.17, 15) is 14.9 Å². The number of nitrogens with one attached hydrogen (secondary N) is 2. The summed E-state index contributed by atoms with van der Waals surface area (Å²) in [6.45, 7) is 2.69. The Labute approximate surface area is 158 Å². The standard InChI is InChI=1S/C20H24N4O3/c25-20(8-5-13-21-16-9-11-17(12-10-16)24(26)27)22-18-6-1-2-7-19(18)23-14-3-4-15-23/h1-2,6-7,9-12,21H,3-5,8,13-15H2,(H,22,25). The minimum absolute atomic E-state index is 0.00727. The second-order valence-electron chi connectivity index (χ2n) is 6.59. The second-order valence-corrected chi connectivity index (χ2v) is 6.59. The predicted molar refractivity (Wildman–Crippen MR) is 107 cm³/mol. The van der Waals surface area contributed by atoms with Crippen molar-refractivity contribution in [3.8, 4) is 0 Å². The molecule has 2 aromatic rings. The number of carbonyl (C=O) groups is 1. The summed E-state index contributed by atoms with van der Waals surface area (Å²) < 4.78 is 0. The van der Waals surface area contributed by atoms with E-state index in [1.807, 2.05) is 18.2 Å². The SMILES string of the molecule is O=C(CCCNc1ccc([N+](=O)[O-])cc1)Nc1ccccc1N1CCCC1. The van der Waals surface area contributed by atoms with E-state index >= 15 is 0 Å². The zero-order valence-electron chi connectivity index (χ0n) is 15.2. The topological polar surface area (TPSA) is 87.5 Å². The first-order valence-corrected chi connectivity index (χ1v) is 9.25. The van der Waals surface area contributed by atoms with Crippen LogP contribution in [0.15, 0.2) is 48.5 Å². The van der Waals surface area contributed by atoms with Gasteiger partial charge in [0.1, 0.15) is 0 Å². The quantitative estimate of drug-likeness (QED) is 0.417. The highest BCUT2D eigenvalue weighted by Gasteiger charge is 2.16. The molecule has 0 atom stereocenters. The molecule has 142 valence electrons. The van der Waals surface area contributed by atoms with Gasteiger partial charge in [0.25, 0.3) is 5.69 Å². The Bertz CT molecular complexity index is 786. The van der Waals surface area contributed by atoms with Crippen molar-refractivity contribution in [2.24, 2.45) is 0 Å². The average Bonchev–Trinajstić information content (AvgIpc) is 3.20. The largest absolute Gasteiger partial charge is 0.385 e. The number of nitro benzene ring substituents is 1. The summed E-state index contributed by atoms with van der Waals surface area (Å²) in [5.74, 6) is -0.00727. The van der Waals surface area contributed by atoms with Crippen LogP contribution in [0.25, 0.3) is 0 Å². The van der Waals surface area contributed by atoms with Crippen LogP contribution >= 0.6 is 0 Å². The highest BCUT2D eigenvalue weighted by atomic mass is 16.6. The fourth-order valence-corrected chi connectivity index (χ4v) is 3.21.